The van der Waals surface area contributed by atoms with Crippen LogP contribution >= 0.6 is 0 Å². The first-order valence-corrected chi connectivity index (χ1v) is 14.8. The van der Waals surface area contributed by atoms with Crippen LogP contribution in [0.15, 0.2) is 106 Å². The molecular weight excluding hydrogens is 544 g/mol. The number of allylic oxidation sites excluding steroid dienone is 11. The number of rotatable bonds is 5. The minimum Gasteiger partial charge on any atom is -0.511 e. The van der Waals surface area contributed by atoms with Crippen LogP contribution in [0.4, 0.5) is 0 Å². The summed E-state index contributed by atoms with van der Waals surface area (Å²) in [4.78, 5) is 39.5. The predicted octanol–water partition coefficient (Wildman–Crippen LogP) is 5.94. The summed E-state index contributed by atoms with van der Waals surface area (Å²) in [5, 5.41) is 25.2. The first-order valence-electron chi connectivity index (χ1n) is 14.8. The molecule has 5 aliphatic heterocycles. The molecule has 0 spiro atoms. The predicted molar refractivity (Wildman–Crippen MR) is 165 cm³/mol. The first kappa shape index (κ1) is 28.6. The topological polar surface area (TPSA) is 133 Å². The van der Waals surface area contributed by atoms with E-state index in [9.17, 15) is 19.8 Å². The van der Waals surface area contributed by atoms with Crippen molar-refractivity contribution in [3.8, 4) is 0 Å². The summed E-state index contributed by atoms with van der Waals surface area (Å²) >= 11 is 0. The average Bonchev–Trinajstić information content (AvgIpc) is 3.69. The summed E-state index contributed by atoms with van der Waals surface area (Å²) in [5.41, 5.74) is 10.9. The fourth-order valence-corrected chi connectivity index (χ4v) is 7.01. The molecule has 9 heteroatoms. The van der Waals surface area contributed by atoms with Crippen LogP contribution < -0.4 is 5.32 Å². The molecule has 3 unspecified atom stereocenters. The Kier molecular flexibility index (Phi) is 6.86. The second-order valence-corrected chi connectivity index (χ2v) is 11.8. The number of nitrogens with one attached hydrogen (secondary N) is 1. The van der Waals surface area contributed by atoms with E-state index < -0.39 is 5.97 Å². The van der Waals surface area contributed by atoms with Gasteiger partial charge in [0.1, 0.15) is 5.76 Å². The molecule has 222 valence electrons. The molecule has 0 aromatic carbocycles. The van der Waals surface area contributed by atoms with Gasteiger partial charge in [0.05, 0.1) is 46.9 Å². The molecule has 3 atom stereocenters. The van der Waals surface area contributed by atoms with Gasteiger partial charge in [-0.2, -0.15) is 0 Å². The maximum atomic E-state index is 12.5. The molecule has 1 fully saturated rings. The summed E-state index contributed by atoms with van der Waals surface area (Å²) in [7, 11) is 1.39. The number of carboxylic acids is 1. The van der Waals surface area contributed by atoms with E-state index in [1.54, 1.807) is 13.0 Å². The highest BCUT2D eigenvalue weighted by atomic mass is 16.5. The van der Waals surface area contributed by atoms with Crippen molar-refractivity contribution in [3.05, 3.63) is 91.5 Å². The third-order valence-corrected chi connectivity index (χ3v) is 9.55. The van der Waals surface area contributed by atoms with E-state index in [2.05, 4.69) is 19.2 Å². The second kappa shape index (κ2) is 10.3. The zero-order valence-corrected chi connectivity index (χ0v) is 25.5. The Hall–Kier alpha value is -4.53. The number of aliphatic carboxylic acids is 1. The van der Waals surface area contributed by atoms with Crippen LogP contribution in [-0.2, 0) is 14.3 Å². The van der Waals surface area contributed by atoms with Crippen molar-refractivity contribution in [2.24, 2.45) is 32.7 Å². The normalized spacial score (nSPS) is 26.1. The number of hydrogen-bond acceptors (Lipinski definition) is 8. The van der Waals surface area contributed by atoms with Gasteiger partial charge >= 0.3 is 11.9 Å². The molecule has 0 saturated carbocycles. The molecule has 1 saturated heterocycles. The van der Waals surface area contributed by atoms with Crippen molar-refractivity contribution in [2.45, 2.75) is 60.8 Å². The number of fused-ring (bicyclic) bond motifs is 5. The van der Waals surface area contributed by atoms with Gasteiger partial charge in [-0.15, -0.1) is 0 Å². The molecule has 0 radical (unpaired) electrons. The smallest absolute Gasteiger partial charge is 0.338 e. The minimum atomic E-state index is -1.04. The van der Waals surface area contributed by atoms with Crippen LogP contribution in [0, 0.1) is 17.8 Å². The van der Waals surface area contributed by atoms with Crippen molar-refractivity contribution in [3.63, 3.8) is 0 Å². The van der Waals surface area contributed by atoms with Crippen LogP contribution in [0.25, 0.3) is 0 Å². The van der Waals surface area contributed by atoms with E-state index in [4.69, 9.17) is 19.7 Å². The average molecular weight is 581 g/mol. The summed E-state index contributed by atoms with van der Waals surface area (Å²) in [6.07, 6.45) is 7.14. The Morgan fingerprint density at radius 3 is 2.35 bits per heavy atom. The molecule has 8 bridgehead atoms. The zero-order valence-electron chi connectivity index (χ0n) is 25.5. The number of aliphatic imine (C=N–C) groups is 3. The van der Waals surface area contributed by atoms with E-state index in [1.807, 2.05) is 32.9 Å². The molecule has 43 heavy (non-hydrogen) atoms. The van der Waals surface area contributed by atoms with Gasteiger partial charge in [0.25, 0.3) is 0 Å². The number of carbonyl (C=O) groups excluding carboxylic acids is 1. The van der Waals surface area contributed by atoms with Crippen LogP contribution in [0.5, 0.6) is 0 Å². The molecule has 3 N–H and O–H groups in total. The number of aliphatic hydroxyl groups excluding tert-OH is 1. The van der Waals surface area contributed by atoms with Gasteiger partial charge in [0.15, 0.2) is 0 Å². The quantitative estimate of drug-likeness (QED) is 0.345. The number of carbonyl (C=O) groups is 2. The van der Waals surface area contributed by atoms with Gasteiger partial charge in [0, 0.05) is 46.7 Å². The van der Waals surface area contributed by atoms with Crippen molar-refractivity contribution < 1.29 is 24.5 Å². The highest BCUT2D eigenvalue weighted by molar-refractivity contribution is 6.22. The fraction of sp³-hybridized carbons (Fsp3) is 0.382. The van der Waals surface area contributed by atoms with Gasteiger partial charge in [0.2, 0.25) is 0 Å². The summed E-state index contributed by atoms with van der Waals surface area (Å²) in [6.45, 7) is 11.9. The first-order chi connectivity index (χ1) is 20.5. The maximum Gasteiger partial charge on any atom is 0.338 e. The van der Waals surface area contributed by atoms with Crippen molar-refractivity contribution >= 4 is 29.1 Å². The molecule has 6 aliphatic rings. The zero-order chi connectivity index (χ0) is 30.9. The number of aliphatic hydroxyl groups is 1. The number of carboxylic acid groups (broad SMARTS) is 1. The van der Waals surface area contributed by atoms with Crippen LogP contribution in [0.3, 0.4) is 0 Å². The van der Waals surface area contributed by atoms with E-state index in [0.29, 0.717) is 29.1 Å². The summed E-state index contributed by atoms with van der Waals surface area (Å²) < 4.78 is 4.95. The highest BCUT2D eigenvalue weighted by Gasteiger charge is 2.44. The minimum absolute atomic E-state index is 0.0478. The third kappa shape index (κ3) is 4.32. The number of methoxy groups -OCH3 is 1. The standard InChI is InChI=1S/C34H36N4O5/c1-8-19-14(2)21-13-26-28(34(41)42)16(4)23(36-26)11-22-15(3)20(9-10-27(39)43-7)31(37-22)29-18(6)33(40)30-17(5)24(38-32(29)30)12-25(19)35-21/h11-13,15,18,20,37,40H,8-10H2,1-7H3,(H,41,42). The van der Waals surface area contributed by atoms with Crippen LogP contribution in [0.1, 0.15) is 60.8 Å². The Morgan fingerprint density at radius 2 is 1.67 bits per heavy atom. The lowest BCUT2D eigenvalue weighted by Crippen LogP contribution is -2.18. The van der Waals surface area contributed by atoms with Crippen molar-refractivity contribution in [1.29, 1.82) is 0 Å². The van der Waals surface area contributed by atoms with Crippen LogP contribution in [0.2, 0.25) is 0 Å². The Balaban J connectivity index is 1.63. The van der Waals surface area contributed by atoms with Crippen molar-refractivity contribution in [1.82, 2.24) is 5.32 Å². The van der Waals surface area contributed by atoms with Gasteiger partial charge in [-0.3, -0.25) is 4.79 Å². The second-order valence-electron chi connectivity index (χ2n) is 11.8. The lowest BCUT2D eigenvalue weighted by atomic mass is 9.84. The SMILES string of the molecule is CCC1=C(C)C2=NC1=CC1=C(C)C3=C(O)C(C)C(=C4NC(=CC5=NC(=C2)C(C(=O)O)=C5C)C(C)C4CCC(=O)OC)C3=N1. The molecule has 0 amide bonds. The number of esters is 1. The van der Waals surface area contributed by atoms with Gasteiger partial charge in [-0.1, -0.05) is 20.8 Å². The highest BCUT2D eigenvalue weighted by Crippen LogP contribution is 2.48. The van der Waals surface area contributed by atoms with Gasteiger partial charge < -0.3 is 20.3 Å². The number of hydrogen-bond donors (Lipinski definition) is 3. The van der Waals surface area contributed by atoms with E-state index in [-0.39, 0.29) is 41.5 Å². The van der Waals surface area contributed by atoms with E-state index in [0.717, 1.165) is 62.8 Å². The van der Waals surface area contributed by atoms with E-state index in [1.165, 1.54) is 7.11 Å². The molecule has 6 rings (SSSR count). The van der Waals surface area contributed by atoms with Crippen molar-refractivity contribution in [2.75, 3.05) is 7.11 Å². The summed E-state index contributed by atoms with van der Waals surface area (Å²) in [6, 6.07) is 0. The molecule has 0 aromatic rings. The largest absolute Gasteiger partial charge is 0.511 e. The number of nitrogens with zero attached hydrogens (tertiary/aromatic N) is 3. The summed E-state index contributed by atoms with van der Waals surface area (Å²) in [5.74, 6) is -1.48. The monoisotopic (exact) mass is 580 g/mol. The van der Waals surface area contributed by atoms with E-state index >= 15 is 0 Å². The van der Waals surface area contributed by atoms with Crippen LogP contribution in [-0.4, -0.2) is 46.4 Å². The van der Waals surface area contributed by atoms with Gasteiger partial charge in [-0.25, -0.2) is 19.8 Å². The molecule has 9 nitrogen and oxygen atoms in total. The maximum absolute atomic E-state index is 12.5. The molecular formula is C34H36N4O5. The Bertz CT molecular complexity index is 1770. The lowest BCUT2D eigenvalue weighted by Gasteiger charge is -2.19. The third-order valence-electron chi connectivity index (χ3n) is 9.55. The Morgan fingerprint density at radius 1 is 0.977 bits per heavy atom. The Labute approximate surface area is 250 Å². The fourth-order valence-electron chi connectivity index (χ4n) is 7.01. The van der Waals surface area contributed by atoms with Gasteiger partial charge in [-0.05, 0) is 74.1 Å². The molecule has 5 heterocycles. The molecule has 0 aromatic heterocycles. The molecule has 1 aliphatic carbocycles. The lowest BCUT2D eigenvalue weighted by molar-refractivity contribution is -0.141. The number of ether oxygens (including phenoxy) is 1.